The highest BCUT2D eigenvalue weighted by molar-refractivity contribution is 6.08. The molecule has 4 rings (SSSR count). The van der Waals surface area contributed by atoms with Gasteiger partial charge in [0.15, 0.2) is 0 Å². The summed E-state index contributed by atoms with van der Waals surface area (Å²) in [5.41, 5.74) is 5.19. The maximum Gasteiger partial charge on any atom is 0.127 e. The van der Waals surface area contributed by atoms with Crippen LogP contribution in [0.5, 0.6) is 0 Å². The van der Waals surface area contributed by atoms with Gasteiger partial charge in [0, 0.05) is 28.7 Å². The van der Waals surface area contributed by atoms with Gasteiger partial charge in [0.05, 0.1) is 5.71 Å². The molecule has 0 amide bonds. The lowest BCUT2D eigenvalue weighted by Gasteiger charge is -2.47. The summed E-state index contributed by atoms with van der Waals surface area (Å²) >= 11 is 0. The van der Waals surface area contributed by atoms with Crippen LogP contribution in [-0.4, -0.2) is 5.71 Å². The zero-order valence-electron chi connectivity index (χ0n) is 12.5. The predicted octanol–water partition coefficient (Wildman–Crippen LogP) is 4.55. The van der Waals surface area contributed by atoms with Gasteiger partial charge in [-0.15, -0.1) is 0 Å². The molecule has 0 spiro atoms. The molecule has 2 atom stereocenters. The average Bonchev–Trinajstić information content (AvgIpc) is 2.45. The van der Waals surface area contributed by atoms with Crippen molar-refractivity contribution in [3.63, 3.8) is 0 Å². The summed E-state index contributed by atoms with van der Waals surface area (Å²) in [5, 5.41) is 0. The maximum atomic E-state index is 14.5. The van der Waals surface area contributed by atoms with Crippen molar-refractivity contribution in [2.75, 3.05) is 0 Å². The first-order chi connectivity index (χ1) is 10.0. The van der Waals surface area contributed by atoms with Crippen molar-refractivity contribution < 1.29 is 4.39 Å². The minimum Gasteiger partial charge on any atom is -0.260 e. The number of allylic oxidation sites excluding steroid dienone is 5. The summed E-state index contributed by atoms with van der Waals surface area (Å²) in [7, 11) is 0. The second kappa shape index (κ2) is 4.03. The largest absolute Gasteiger partial charge is 0.260 e. The van der Waals surface area contributed by atoms with Crippen molar-refractivity contribution in [3.8, 4) is 0 Å². The molecule has 21 heavy (non-hydrogen) atoms. The van der Waals surface area contributed by atoms with E-state index in [1.54, 1.807) is 12.1 Å². The Hall–Kier alpha value is -1.96. The smallest absolute Gasteiger partial charge is 0.127 e. The third-order valence-electron chi connectivity index (χ3n) is 5.23. The molecule has 0 bridgehead atoms. The number of hydrogen-bond acceptors (Lipinski definition) is 1. The van der Waals surface area contributed by atoms with Gasteiger partial charge < -0.3 is 0 Å². The molecule has 1 heterocycles. The Bertz CT molecular complexity index is 762. The number of rotatable bonds is 0. The molecular formula is C19H18FN. The first kappa shape index (κ1) is 12.8. The lowest BCUT2D eigenvalue weighted by atomic mass is 9.56. The molecule has 1 aliphatic heterocycles. The summed E-state index contributed by atoms with van der Waals surface area (Å²) in [6.07, 6.45) is 8.39. The third-order valence-corrected chi connectivity index (χ3v) is 5.23. The van der Waals surface area contributed by atoms with Crippen LogP contribution in [0, 0.1) is 17.7 Å². The van der Waals surface area contributed by atoms with E-state index < -0.39 is 0 Å². The van der Waals surface area contributed by atoms with Crippen LogP contribution in [0.25, 0.3) is 0 Å². The van der Waals surface area contributed by atoms with Gasteiger partial charge in [-0.25, -0.2) is 4.39 Å². The molecule has 0 radical (unpaired) electrons. The number of halogens is 1. The topological polar surface area (TPSA) is 12.4 Å². The SMILES string of the molecule is CC1=C2C=CN=C3c4cccc(F)c4C(C)(C)C(C=C1)C32. The molecule has 0 aromatic heterocycles. The van der Waals surface area contributed by atoms with Crippen molar-refractivity contribution >= 4 is 5.71 Å². The van der Waals surface area contributed by atoms with Crippen molar-refractivity contribution in [1.82, 2.24) is 0 Å². The Morgan fingerprint density at radius 3 is 2.81 bits per heavy atom. The standard InChI is InChI=1S/C19H18FN/c1-11-7-8-14-16-12(11)9-10-21-18(16)13-5-4-6-15(20)17(13)19(14,2)3/h4-10,14,16H,1-3H3. The van der Waals surface area contributed by atoms with E-state index >= 15 is 0 Å². The number of nitrogens with zero attached hydrogens (tertiary/aromatic N) is 1. The molecule has 0 N–H and O–H groups in total. The molecule has 2 aliphatic carbocycles. The Morgan fingerprint density at radius 1 is 1.19 bits per heavy atom. The third kappa shape index (κ3) is 1.53. The average molecular weight is 279 g/mol. The zero-order chi connectivity index (χ0) is 14.8. The predicted molar refractivity (Wildman–Crippen MR) is 83.9 cm³/mol. The van der Waals surface area contributed by atoms with Gasteiger partial charge in [0.2, 0.25) is 0 Å². The van der Waals surface area contributed by atoms with E-state index in [9.17, 15) is 4.39 Å². The van der Waals surface area contributed by atoms with Crippen molar-refractivity contribution in [1.29, 1.82) is 0 Å². The highest BCUT2D eigenvalue weighted by Gasteiger charge is 2.48. The fourth-order valence-corrected chi connectivity index (χ4v) is 4.18. The van der Waals surface area contributed by atoms with E-state index in [0.29, 0.717) is 0 Å². The monoisotopic (exact) mass is 279 g/mol. The summed E-state index contributed by atoms with van der Waals surface area (Å²) in [4.78, 5) is 4.62. The number of aliphatic imine (C=N–C) groups is 1. The Morgan fingerprint density at radius 2 is 2.00 bits per heavy atom. The van der Waals surface area contributed by atoms with Crippen LogP contribution in [-0.2, 0) is 5.41 Å². The molecule has 0 fully saturated rings. The molecule has 1 aromatic carbocycles. The van der Waals surface area contributed by atoms with E-state index in [0.717, 1.165) is 16.8 Å². The number of hydrogen-bond donors (Lipinski definition) is 0. The Kier molecular flexibility index (Phi) is 2.45. The highest BCUT2D eigenvalue weighted by atomic mass is 19.1. The fraction of sp³-hybridized carbons (Fsp3) is 0.316. The minimum atomic E-state index is -0.238. The molecule has 3 aliphatic rings. The first-order valence-electron chi connectivity index (χ1n) is 7.44. The van der Waals surface area contributed by atoms with Gasteiger partial charge >= 0.3 is 0 Å². The van der Waals surface area contributed by atoms with Crippen LogP contribution in [0.15, 0.2) is 58.8 Å². The zero-order valence-corrected chi connectivity index (χ0v) is 12.5. The normalized spacial score (nSPS) is 28.1. The van der Waals surface area contributed by atoms with E-state index in [-0.39, 0.29) is 23.1 Å². The number of benzene rings is 1. The van der Waals surface area contributed by atoms with Gasteiger partial charge in [-0.3, -0.25) is 4.99 Å². The van der Waals surface area contributed by atoms with Crippen LogP contribution < -0.4 is 0 Å². The van der Waals surface area contributed by atoms with Crippen molar-refractivity contribution in [2.24, 2.45) is 16.8 Å². The molecule has 2 unspecified atom stereocenters. The summed E-state index contributed by atoms with van der Waals surface area (Å²) < 4.78 is 14.5. The summed E-state index contributed by atoms with van der Waals surface area (Å²) in [5.74, 6) is 0.392. The van der Waals surface area contributed by atoms with E-state index in [1.165, 1.54) is 11.1 Å². The lowest BCUT2D eigenvalue weighted by Crippen LogP contribution is -2.46. The number of fused-ring (bicyclic) bond motifs is 2. The van der Waals surface area contributed by atoms with Crippen molar-refractivity contribution in [3.05, 3.63) is 70.7 Å². The quantitative estimate of drug-likeness (QED) is 0.660. The van der Waals surface area contributed by atoms with Crippen molar-refractivity contribution in [2.45, 2.75) is 26.2 Å². The van der Waals surface area contributed by atoms with Crippen LogP contribution in [0.3, 0.4) is 0 Å². The van der Waals surface area contributed by atoms with E-state index in [1.807, 2.05) is 12.3 Å². The molecule has 1 nitrogen and oxygen atoms in total. The van der Waals surface area contributed by atoms with E-state index in [4.69, 9.17) is 0 Å². The molecule has 1 aromatic rings. The molecule has 106 valence electrons. The van der Waals surface area contributed by atoms with Gasteiger partial charge in [0.25, 0.3) is 0 Å². The first-order valence-corrected chi connectivity index (χ1v) is 7.44. The summed E-state index contributed by atoms with van der Waals surface area (Å²) in [6, 6.07) is 5.37. The molecule has 2 heteroatoms. The van der Waals surface area contributed by atoms with Crippen LogP contribution in [0.4, 0.5) is 4.39 Å². The lowest BCUT2D eigenvalue weighted by molar-refractivity contribution is 0.317. The van der Waals surface area contributed by atoms with Gasteiger partial charge in [0.1, 0.15) is 5.82 Å². The van der Waals surface area contributed by atoms with Crippen LogP contribution >= 0.6 is 0 Å². The fourth-order valence-electron chi connectivity index (χ4n) is 4.18. The highest BCUT2D eigenvalue weighted by Crippen LogP contribution is 2.51. The van der Waals surface area contributed by atoms with E-state index in [2.05, 4.69) is 44.0 Å². The maximum absolute atomic E-state index is 14.5. The van der Waals surface area contributed by atoms with Crippen LogP contribution in [0.1, 0.15) is 31.9 Å². The van der Waals surface area contributed by atoms with Gasteiger partial charge in [-0.2, -0.15) is 0 Å². The Labute approximate surface area is 124 Å². The second-order valence-electron chi connectivity index (χ2n) is 6.72. The van der Waals surface area contributed by atoms with Gasteiger partial charge in [-0.05, 0) is 36.1 Å². The second-order valence-corrected chi connectivity index (χ2v) is 6.72. The molecule has 0 saturated carbocycles. The summed E-state index contributed by atoms with van der Waals surface area (Å²) in [6.45, 7) is 6.44. The van der Waals surface area contributed by atoms with Crippen LogP contribution in [0.2, 0.25) is 0 Å². The van der Waals surface area contributed by atoms with Gasteiger partial charge in [-0.1, -0.05) is 38.1 Å². The molecular weight excluding hydrogens is 261 g/mol. The Balaban J connectivity index is 2.08. The minimum absolute atomic E-state index is 0.116. The molecule has 0 saturated heterocycles.